The number of nitrogens with zero attached hydrogens (tertiary/aromatic N) is 1. The summed E-state index contributed by atoms with van der Waals surface area (Å²) in [6.45, 7) is 8.44. The van der Waals surface area contributed by atoms with Crippen molar-refractivity contribution in [3.63, 3.8) is 0 Å². The van der Waals surface area contributed by atoms with Gasteiger partial charge in [-0.25, -0.2) is 0 Å². The lowest BCUT2D eigenvalue weighted by Crippen LogP contribution is -2.01. The molecule has 0 saturated carbocycles. The molecule has 0 amide bonds. The maximum atomic E-state index is 4.90. The topological polar surface area (TPSA) is 21.6 Å². The summed E-state index contributed by atoms with van der Waals surface area (Å²) < 4.78 is 0. The molecule has 0 aromatic rings. The standard InChI is InChI=1S/C8H16NO/c1-4-6-8(3)7-10-9-5-2/h5,8H,2,4,6-7H2,1,3H3. The molecule has 0 fully saturated rings. The van der Waals surface area contributed by atoms with Gasteiger partial charge in [0.15, 0.2) is 0 Å². The summed E-state index contributed by atoms with van der Waals surface area (Å²) in [4.78, 5) is 4.90. The molecule has 0 aromatic heterocycles. The lowest BCUT2D eigenvalue weighted by atomic mass is 10.1. The van der Waals surface area contributed by atoms with E-state index in [2.05, 4.69) is 25.9 Å². The molecule has 1 unspecified atom stereocenters. The Labute approximate surface area is 63.3 Å². The normalized spacial score (nSPS) is 13.9. The number of oxime groups is 1. The van der Waals surface area contributed by atoms with Crippen molar-refractivity contribution in [2.75, 3.05) is 6.61 Å². The van der Waals surface area contributed by atoms with Gasteiger partial charge in [0.1, 0.15) is 6.61 Å². The van der Waals surface area contributed by atoms with Gasteiger partial charge < -0.3 is 4.84 Å². The SMILES string of the molecule is [CH2]C=NOCC(C)CCC. The number of rotatable bonds is 5. The molecule has 2 heteroatoms. The van der Waals surface area contributed by atoms with Crippen LogP contribution in [0.3, 0.4) is 0 Å². The van der Waals surface area contributed by atoms with E-state index in [4.69, 9.17) is 4.84 Å². The summed E-state index contributed by atoms with van der Waals surface area (Å²) in [6.07, 6.45) is 3.82. The van der Waals surface area contributed by atoms with Crippen LogP contribution in [0.25, 0.3) is 0 Å². The molecular formula is C8H16NO. The molecular weight excluding hydrogens is 126 g/mol. The average molecular weight is 142 g/mol. The van der Waals surface area contributed by atoms with E-state index < -0.39 is 0 Å². The van der Waals surface area contributed by atoms with E-state index >= 15 is 0 Å². The van der Waals surface area contributed by atoms with Gasteiger partial charge in [0.05, 0.1) is 0 Å². The highest BCUT2D eigenvalue weighted by Gasteiger charge is 1.98. The molecule has 0 aliphatic heterocycles. The number of hydrogen-bond acceptors (Lipinski definition) is 2. The Balaban J connectivity index is 3.12. The van der Waals surface area contributed by atoms with Crippen LogP contribution in [0.4, 0.5) is 0 Å². The minimum atomic E-state index is 0.605. The fourth-order valence-electron chi connectivity index (χ4n) is 0.799. The van der Waals surface area contributed by atoms with Crippen LogP contribution < -0.4 is 0 Å². The van der Waals surface area contributed by atoms with Crippen LogP contribution in [0, 0.1) is 12.8 Å². The Morgan fingerprint density at radius 1 is 1.70 bits per heavy atom. The molecule has 0 bridgehead atoms. The Morgan fingerprint density at radius 3 is 2.90 bits per heavy atom. The summed E-state index contributed by atoms with van der Waals surface area (Å²) in [5, 5.41) is 3.56. The zero-order valence-electron chi connectivity index (χ0n) is 6.84. The molecule has 0 aliphatic carbocycles. The molecule has 59 valence electrons. The van der Waals surface area contributed by atoms with E-state index in [0.29, 0.717) is 12.5 Å². The van der Waals surface area contributed by atoms with Gasteiger partial charge in [-0.05, 0) is 19.3 Å². The van der Waals surface area contributed by atoms with Gasteiger partial charge >= 0.3 is 0 Å². The highest BCUT2D eigenvalue weighted by atomic mass is 16.6. The van der Waals surface area contributed by atoms with Gasteiger partial charge in [-0.2, -0.15) is 0 Å². The van der Waals surface area contributed by atoms with Gasteiger partial charge in [-0.3, -0.25) is 0 Å². The molecule has 0 N–H and O–H groups in total. The molecule has 0 heterocycles. The van der Waals surface area contributed by atoms with Crippen LogP contribution in [-0.2, 0) is 4.84 Å². The first-order chi connectivity index (χ1) is 4.81. The predicted molar refractivity (Wildman–Crippen MR) is 43.9 cm³/mol. The largest absolute Gasteiger partial charge is 0.396 e. The van der Waals surface area contributed by atoms with Gasteiger partial charge in [-0.15, -0.1) is 0 Å². The quantitative estimate of drug-likeness (QED) is 0.426. The Bertz CT molecular complexity index is 91.3. The second-order valence-corrected chi connectivity index (χ2v) is 2.48. The predicted octanol–water partition coefficient (Wildman–Crippen LogP) is 2.26. The minimum absolute atomic E-state index is 0.605. The summed E-state index contributed by atoms with van der Waals surface area (Å²) in [7, 11) is 0. The van der Waals surface area contributed by atoms with Crippen LogP contribution in [0.5, 0.6) is 0 Å². The third-order valence-corrected chi connectivity index (χ3v) is 1.29. The van der Waals surface area contributed by atoms with Crippen LogP contribution in [-0.4, -0.2) is 12.8 Å². The van der Waals surface area contributed by atoms with Crippen LogP contribution >= 0.6 is 0 Å². The molecule has 0 spiro atoms. The van der Waals surface area contributed by atoms with Crippen LogP contribution in [0.2, 0.25) is 0 Å². The molecule has 0 aromatic carbocycles. The average Bonchev–Trinajstić information content (AvgIpc) is 1.89. The fourth-order valence-corrected chi connectivity index (χ4v) is 0.799. The monoisotopic (exact) mass is 142 g/mol. The van der Waals surface area contributed by atoms with Gasteiger partial charge in [0, 0.05) is 6.21 Å². The molecule has 1 radical (unpaired) electrons. The van der Waals surface area contributed by atoms with E-state index in [1.165, 1.54) is 19.1 Å². The second kappa shape index (κ2) is 6.59. The van der Waals surface area contributed by atoms with Crippen LogP contribution in [0.1, 0.15) is 26.7 Å². The summed E-state index contributed by atoms with van der Waals surface area (Å²) in [5.41, 5.74) is 0. The zero-order valence-corrected chi connectivity index (χ0v) is 6.84. The Morgan fingerprint density at radius 2 is 2.40 bits per heavy atom. The van der Waals surface area contributed by atoms with Crippen molar-refractivity contribution in [3.05, 3.63) is 6.92 Å². The molecule has 0 saturated heterocycles. The highest BCUT2D eigenvalue weighted by Crippen LogP contribution is 2.04. The van der Waals surface area contributed by atoms with Gasteiger partial charge in [0.2, 0.25) is 0 Å². The van der Waals surface area contributed by atoms with Crippen molar-refractivity contribution in [2.24, 2.45) is 11.1 Å². The zero-order chi connectivity index (χ0) is 7.82. The third kappa shape index (κ3) is 5.60. The minimum Gasteiger partial charge on any atom is -0.396 e. The highest BCUT2D eigenvalue weighted by molar-refractivity contribution is 5.60. The fraction of sp³-hybridized carbons (Fsp3) is 0.750. The van der Waals surface area contributed by atoms with E-state index in [9.17, 15) is 0 Å². The molecule has 2 nitrogen and oxygen atoms in total. The second-order valence-electron chi connectivity index (χ2n) is 2.48. The van der Waals surface area contributed by atoms with Crippen molar-refractivity contribution < 1.29 is 4.84 Å². The summed E-state index contributed by atoms with van der Waals surface area (Å²) >= 11 is 0. The summed E-state index contributed by atoms with van der Waals surface area (Å²) in [5.74, 6) is 0.605. The van der Waals surface area contributed by atoms with Crippen molar-refractivity contribution in [1.29, 1.82) is 0 Å². The van der Waals surface area contributed by atoms with Crippen molar-refractivity contribution >= 4 is 6.21 Å². The maximum absolute atomic E-state index is 4.90. The van der Waals surface area contributed by atoms with Crippen LogP contribution in [0.15, 0.2) is 5.16 Å². The third-order valence-electron chi connectivity index (χ3n) is 1.29. The Kier molecular flexibility index (Phi) is 6.24. The molecule has 1 atom stereocenters. The number of hydrogen-bond donors (Lipinski definition) is 0. The van der Waals surface area contributed by atoms with E-state index in [1.807, 2.05) is 0 Å². The smallest absolute Gasteiger partial charge is 0.119 e. The first-order valence-corrected chi connectivity index (χ1v) is 3.74. The van der Waals surface area contributed by atoms with Crippen molar-refractivity contribution in [1.82, 2.24) is 0 Å². The Hall–Kier alpha value is -0.530. The lowest BCUT2D eigenvalue weighted by Gasteiger charge is -2.06. The first kappa shape index (κ1) is 9.47. The molecule has 10 heavy (non-hydrogen) atoms. The summed E-state index contributed by atoms with van der Waals surface area (Å²) in [6, 6.07) is 0. The maximum Gasteiger partial charge on any atom is 0.119 e. The van der Waals surface area contributed by atoms with E-state index in [0.717, 1.165) is 0 Å². The van der Waals surface area contributed by atoms with Crippen molar-refractivity contribution in [3.8, 4) is 0 Å². The van der Waals surface area contributed by atoms with Crippen molar-refractivity contribution in [2.45, 2.75) is 26.7 Å². The lowest BCUT2D eigenvalue weighted by molar-refractivity contribution is 0.111. The van der Waals surface area contributed by atoms with Gasteiger partial charge in [0.25, 0.3) is 0 Å². The molecule has 0 aliphatic rings. The van der Waals surface area contributed by atoms with E-state index in [1.54, 1.807) is 0 Å². The van der Waals surface area contributed by atoms with Gasteiger partial charge in [-0.1, -0.05) is 25.4 Å². The van der Waals surface area contributed by atoms with E-state index in [-0.39, 0.29) is 0 Å². The molecule has 0 rings (SSSR count). The first-order valence-electron chi connectivity index (χ1n) is 3.74.